The Morgan fingerprint density at radius 2 is 2.29 bits per heavy atom. The van der Waals surface area contributed by atoms with Gasteiger partial charge in [0.1, 0.15) is 18.1 Å². The second-order valence-corrected chi connectivity index (χ2v) is 3.09. The van der Waals surface area contributed by atoms with Crippen LogP contribution in [0.3, 0.4) is 0 Å². The van der Waals surface area contributed by atoms with Crippen LogP contribution < -0.4 is 0 Å². The predicted molar refractivity (Wildman–Crippen MR) is 47.1 cm³/mol. The largest absolute Gasteiger partial charge is 0.481 e. The molecule has 0 radical (unpaired) electrons. The maximum Gasteiger partial charge on any atom is 0.322 e. The topological polar surface area (TPSA) is 63.6 Å². The molecule has 2 rings (SSSR count). The molecule has 72 valence electrons. The van der Waals surface area contributed by atoms with Gasteiger partial charge in [-0.2, -0.15) is 0 Å². The van der Waals surface area contributed by atoms with Crippen LogP contribution in [-0.2, 0) is 14.3 Å². The third-order valence-corrected chi connectivity index (χ3v) is 2.14. The number of allylic oxidation sites excluding steroid dienone is 3. The molecule has 0 fully saturated rings. The number of cyclic esters (lactones) is 1. The van der Waals surface area contributed by atoms with Crippen molar-refractivity contribution in [3.63, 3.8) is 0 Å². The van der Waals surface area contributed by atoms with E-state index in [4.69, 9.17) is 9.84 Å². The van der Waals surface area contributed by atoms with E-state index in [-0.39, 0.29) is 12.2 Å². The summed E-state index contributed by atoms with van der Waals surface area (Å²) < 4.78 is 4.88. The summed E-state index contributed by atoms with van der Waals surface area (Å²) in [5.41, 5.74) is 0.667. The van der Waals surface area contributed by atoms with Crippen LogP contribution in [0.4, 0.5) is 0 Å². The number of carboxylic acids is 1. The Balaban J connectivity index is 2.32. The van der Waals surface area contributed by atoms with Crippen molar-refractivity contribution in [1.29, 1.82) is 0 Å². The first-order chi connectivity index (χ1) is 6.68. The normalized spacial score (nSPS) is 23.7. The van der Waals surface area contributed by atoms with E-state index in [2.05, 4.69) is 0 Å². The number of rotatable bonds is 2. The number of ether oxygens (including phenoxy) is 1. The minimum atomic E-state index is -0.996. The molecule has 0 aromatic heterocycles. The van der Waals surface area contributed by atoms with Gasteiger partial charge in [0.2, 0.25) is 0 Å². The summed E-state index contributed by atoms with van der Waals surface area (Å²) in [6.45, 7) is 0. The van der Waals surface area contributed by atoms with Crippen molar-refractivity contribution in [2.45, 2.75) is 6.42 Å². The molecule has 1 heterocycles. The average Bonchev–Trinajstić information content (AvgIpc) is 2.44. The van der Waals surface area contributed by atoms with Crippen molar-refractivity contribution in [2.24, 2.45) is 5.92 Å². The number of fused-ring (bicyclic) bond motifs is 1. The van der Waals surface area contributed by atoms with E-state index >= 15 is 0 Å². The molecular weight excluding hydrogens is 184 g/mol. The summed E-state index contributed by atoms with van der Waals surface area (Å²) in [4.78, 5) is 21.7. The molecule has 0 aromatic carbocycles. The zero-order valence-corrected chi connectivity index (χ0v) is 7.27. The molecule has 1 aliphatic carbocycles. The van der Waals surface area contributed by atoms with E-state index in [0.29, 0.717) is 5.57 Å². The van der Waals surface area contributed by atoms with Crippen LogP contribution in [0.1, 0.15) is 6.42 Å². The molecule has 4 heteroatoms. The number of carboxylic acid groups (broad SMARTS) is 1. The monoisotopic (exact) mass is 192 g/mol. The molecule has 1 aliphatic heterocycles. The van der Waals surface area contributed by atoms with E-state index < -0.39 is 17.9 Å². The second-order valence-electron chi connectivity index (χ2n) is 3.09. The van der Waals surface area contributed by atoms with Gasteiger partial charge in [-0.1, -0.05) is 24.3 Å². The van der Waals surface area contributed by atoms with E-state index in [1.165, 1.54) is 0 Å². The molecule has 14 heavy (non-hydrogen) atoms. The Labute approximate surface area is 80.2 Å². The van der Waals surface area contributed by atoms with Gasteiger partial charge < -0.3 is 9.84 Å². The lowest BCUT2D eigenvalue weighted by Gasteiger charge is -2.04. The molecular formula is C10H8O4. The number of aliphatic carboxylic acids is 1. The van der Waals surface area contributed by atoms with E-state index in [0.717, 1.165) is 0 Å². The van der Waals surface area contributed by atoms with Crippen molar-refractivity contribution in [2.75, 3.05) is 0 Å². The van der Waals surface area contributed by atoms with Crippen LogP contribution in [-0.4, -0.2) is 17.0 Å². The number of carbonyl (C=O) groups excluding carboxylic acids is 1. The molecule has 0 amide bonds. The number of carbonyl (C=O) groups is 2. The Morgan fingerprint density at radius 1 is 1.50 bits per heavy atom. The van der Waals surface area contributed by atoms with Crippen LogP contribution in [0.2, 0.25) is 0 Å². The van der Waals surface area contributed by atoms with E-state index in [1.54, 1.807) is 24.3 Å². The SMILES string of the molecule is O=C(O)CC1=C2C=CC=CC2C(=O)O1. The van der Waals surface area contributed by atoms with E-state index in [9.17, 15) is 9.59 Å². The second kappa shape index (κ2) is 3.14. The number of esters is 1. The smallest absolute Gasteiger partial charge is 0.322 e. The van der Waals surface area contributed by atoms with Gasteiger partial charge in [0.25, 0.3) is 0 Å². The van der Waals surface area contributed by atoms with Crippen molar-refractivity contribution in [1.82, 2.24) is 0 Å². The van der Waals surface area contributed by atoms with Gasteiger partial charge in [0.15, 0.2) is 0 Å². The predicted octanol–water partition coefficient (Wildman–Crippen LogP) is 1.01. The first-order valence-electron chi connectivity index (χ1n) is 4.20. The first kappa shape index (κ1) is 8.74. The van der Waals surface area contributed by atoms with Gasteiger partial charge in [-0.3, -0.25) is 9.59 Å². The van der Waals surface area contributed by atoms with Crippen LogP contribution in [0.25, 0.3) is 0 Å². The van der Waals surface area contributed by atoms with Crippen LogP contribution in [0, 0.1) is 5.92 Å². The van der Waals surface area contributed by atoms with Gasteiger partial charge in [-0.05, 0) is 0 Å². The average molecular weight is 192 g/mol. The lowest BCUT2D eigenvalue weighted by molar-refractivity contribution is -0.140. The Kier molecular flexibility index (Phi) is 1.96. The maximum atomic E-state index is 11.3. The zero-order chi connectivity index (χ0) is 10.1. The van der Waals surface area contributed by atoms with Crippen LogP contribution in [0.15, 0.2) is 35.6 Å². The first-order valence-corrected chi connectivity index (χ1v) is 4.20. The minimum Gasteiger partial charge on any atom is -0.481 e. The molecule has 1 N–H and O–H groups in total. The fraction of sp³-hybridized carbons (Fsp3) is 0.200. The van der Waals surface area contributed by atoms with Crippen molar-refractivity contribution >= 4 is 11.9 Å². The summed E-state index contributed by atoms with van der Waals surface area (Å²) >= 11 is 0. The number of hydrogen-bond acceptors (Lipinski definition) is 3. The van der Waals surface area contributed by atoms with Crippen molar-refractivity contribution in [3.05, 3.63) is 35.6 Å². The van der Waals surface area contributed by atoms with Gasteiger partial charge >= 0.3 is 11.9 Å². The molecule has 4 nitrogen and oxygen atoms in total. The van der Waals surface area contributed by atoms with Crippen LogP contribution in [0.5, 0.6) is 0 Å². The standard InChI is InChI=1S/C10H8O4/c11-9(12)5-8-6-3-1-2-4-7(6)10(13)14-8/h1-4,7H,5H2,(H,11,12). The molecule has 0 bridgehead atoms. The number of hydrogen-bond donors (Lipinski definition) is 1. The molecule has 0 spiro atoms. The lowest BCUT2D eigenvalue weighted by atomic mass is 9.95. The highest BCUT2D eigenvalue weighted by Gasteiger charge is 2.33. The minimum absolute atomic E-state index is 0.240. The highest BCUT2D eigenvalue weighted by molar-refractivity contribution is 5.85. The van der Waals surface area contributed by atoms with Gasteiger partial charge in [0, 0.05) is 5.57 Å². The third-order valence-electron chi connectivity index (χ3n) is 2.14. The summed E-state index contributed by atoms with van der Waals surface area (Å²) in [7, 11) is 0. The van der Waals surface area contributed by atoms with Crippen molar-refractivity contribution < 1.29 is 19.4 Å². The van der Waals surface area contributed by atoms with Gasteiger partial charge in [-0.25, -0.2) is 0 Å². The fourth-order valence-electron chi connectivity index (χ4n) is 1.53. The summed E-state index contributed by atoms with van der Waals surface area (Å²) in [6, 6.07) is 0. The van der Waals surface area contributed by atoms with E-state index in [1.807, 2.05) is 0 Å². The van der Waals surface area contributed by atoms with Crippen LogP contribution >= 0.6 is 0 Å². The molecule has 0 saturated heterocycles. The summed E-state index contributed by atoms with van der Waals surface area (Å²) in [5, 5.41) is 8.58. The quantitative estimate of drug-likeness (QED) is 0.663. The fourth-order valence-corrected chi connectivity index (χ4v) is 1.53. The Morgan fingerprint density at radius 3 is 3.00 bits per heavy atom. The Hall–Kier alpha value is -1.84. The summed E-state index contributed by atoms with van der Waals surface area (Å²) in [5.74, 6) is -1.54. The van der Waals surface area contributed by atoms with Gasteiger partial charge in [0.05, 0.1) is 0 Å². The third kappa shape index (κ3) is 1.35. The van der Waals surface area contributed by atoms with Gasteiger partial charge in [-0.15, -0.1) is 0 Å². The molecule has 1 unspecified atom stereocenters. The highest BCUT2D eigenvalue weighted by atomic mass is 16.5. The van der Waals surface area contributed by atoms with Crippen molar-refractivity contribution in [3.8, 4) is 0 Å². The summed E-state index contributed by atoms with van der Waals surface area (Å²) in [6.07, 6.45) is 6.69. The molecule has 2 aliphatic rings. The maximum absolute atomic E-state index is 11.3. The molecule has 1 atom stereocenters. The molecule has 0 aromatic rings. The highest BCUT2D eigenvalue weighted by Crippen LogP contribution is 2.32. The lowest BCUT2D eigenvalue weighted by Crippen LogP contribution is -2.08. The zero-order valence-electron chi connectivity index (χ0n) is 7.27. The molecule has 0 saturated carbocycles. The Bertz CT molecular complexity index is 387.